The molecule has 3 aromatic heterocycles. The normalized spacial score (nSPS) is 15.1. The van der Waals surface area contributed by atoms with Crippen LogP contribution in [0.4, 0.5) is 0 Å². The Bertz CT molecular complexity index is 1330. The van der Waals surface area contributed by atoms with E-state index < -0.39 is 5.76 Å². The van der Waals surface area contributed by atoms with Gasteiger partial charge in [0.15, 0.2) is 23.4 Å². The van der Waals surface area contributed by atoms with E-state index in [4.69, 9.17) is 13.9 Å². The van der Waals surface area contributed by atoms with E-state index >= 15 is 0 Å². The Kier molecular flexibility index (Phi) is 5.18. The van der Waals surface area contributed by atoms with Gasteiger partial charge in [-0.1, -0.05) is 18.2 Å². The summed E-state index contributed by atoms with van der Waals surface area (Å²) in [7, 11) is 0. The predicted octanol–water partition coefficient (Wildman–Crippen LogP) is 3.71. The lowest BCUT2D eigenvalue weighted by Gasteiger charge is -2.27. The highest BCUT2D eigenvalue weighted by Crippen LogP contribution is 2.31. The number of fused-ring (bicyclic) bond motifs is 1. The lowest BCUT2D eigenvalue weighted by Crippen LogP contribution is -2.33. The van der Waals surface area contributed by atoms with Gasteiger partial charge in [-0.05, 0) is 43.5 Å². The largest absolute Gasteiger partial charge is 0.486 e. The Labute approximate surface area is 187 Å². The number of ketones is 1. The van der Waals surface area contributed by atoms with Crippen LogP contribution in [0.5, 0.6) is 11.5 Å². The first-order chi connectivity index (χ1) is 15.5. The molecule has 32 heavy (non-hydrogen) atoms. The van der Waals surface area contributed by atoms with Gasteiger partial charge >= 0.3 is 5.76 Å². The van der Waals surface area contributed by atoms with Crippen molar-refractivity contribution in [3.05, 3.63) is 75.3 Å². The van der Waals surface area contributed by atoms with E-state index in [1.54, 1.807) is 0 Å². The fraction of sp³-hybridized carbons (Fsp3) is 0.261. The van der Waals surface area contributed by atoms with Gasteiger partial charge < -0.3 is 18.5 Å². The van der Waals surface area contributed by atoms with E-state index in [1.165, 1.54) is 11.3 Å². The first-order valence-electron chi connectivity index (χ1n) is 10.2. The average Bonchev–Trinajstić information content (AvgIpc) is 3.51. The van der Waals surface area contributed by atoms with Crippen LogP contribution in [-0.4, -0.2) is 32.8 Å². The number of benzene rings is 1. The SMILES string of the molecule is Cc1cc(C(=O)Cn2nc(-c3cccs3)oc2=O)c(C)n1C[C@H]1COc2ccccc2O1. The fourth-order valence-corrected chi connectivity index (χ4v) is 4.49. The van der Waals surface area contributed by atoms with E-state index in [0.29, 0.717) is 18.7 Å². The Morgan fingerprint density at radius 3 is 2.78 bits per heavy atom. The highest BCUT2D eigenvalue weighted by Gasteiger charge is 2.24. The number of aryl methyl sites for hydroxylation is 1. The molecule has 0 amide bonds. The van der Waals surface area contributed by atoms with E-state index in [-0.39, 0.29) is 24.3 Å². The minimum atomic E-state index is -0.651. The summed E-state index contributed by atoms with van der Waals surface area (Å²) in [5.41, 5.74) is 2.29. The molecule has 0 N–H and O–H groups in total. The molecular formula is C23H21N3O5S. The molecule has 1 aliphatic rings. The Morgan fingerprint density at radius 2 is 2.00 bits per heavy atom. The minimum Gasteiger partial charge on any atom is -0.486 e. The van der Waals surface area contributed by atoms with Crippen molar-refractivity contribution >= 4 is 17.1 Å². The summed E-state index contributed by atoms with van der Waals surface area (Å²) in [4.78, 5) is 25.9. The lowest BCUT2D eigenvalue weighted by atomic mass is 10.1. The molecule has 4 heterocycles. The van der Waals surface area contributed by atoms with Crippen LogP contribution >= 0.6 is 11.3 Å². The molecule has 0 saturated carbocycles. The van der Waals surface area contributed by atoms with Crippen LogP contribution in [0.15, 0.2) is 57.1 Å². The number of carbonyl (C=O) groups excluding carboxylic acids is 1. The molecule has 164 valence electrons. The van der Waals surface area contributed by atoms with Crippen molar-refractivity contribution in [1.82, 2.24) is 14.3 Å². The predicted molar refractivity (Wildman–Crippen MR) is 119 cm³/mol. The molecule has 0 aliphatic carbocycles. The highest BCUT2D eigenvalue weighted by atomic mass is 32.1. The van der Waals surface area contributed by atoms with Gasteiger partial charge in [-0.3, -0.25) is 4.79 Å². The number of hydrogen-bond donors (Lipinski definition) is 0. The minimum absolute atomic E-state index is 0.177. The molecule has 0 radical (unpaired) electrons. The number of ether oxygens (including phenoxy) is 2. The third kappa shape index (κ3) is 3.75. The Hall–Kier alpha value is -3.59. The maximum absolute atomic E-state index is 13.0. The Morgan fingerprint density at radius 1 is 1.19 bits per heavy atom. The number of para-hydroxylation sites is 2. The number of hydrogen-bond acceptors (Lipinski definition) is 7. The third-order valence-corrected chi connectivity index (χ3v) is 6.32. The van der Waals surface area contributed by atoms with Crippen LogP contribution in [0.3, 0.4) is 0 Å². The summed E-state index contributed by atoms with van der Waals surface area (Å²) in [6, 6.07) is 13.1. The maximum Gasteiger partial charge on any atom is 0.437 e. The van der Waals surface area contributed by atoms with Gasteiger partial charge in [-0.2, -0.15) is 4.68 Å². The first kappa shape index (κ1) is 20.3. The quantitative estimate of drug-likeness (QED) is 0.415. The van der Waals surface area contributed by atoms with Gasteiger partial charge in [0.1, 0.15) is 13.2 Å². The van der Waals surface area contributed by atoms with Crippen molar-refractivity contribution < 1.29 is 18.7 Å². The van der Waals surface area contributed by atoms with E-state index in [9.17, 15) is 9.59 Å². The number of thiophene rings is 1. The molecule has 0 saturated heterocycles. The molecule has 1 aliphatic heterocycles. The first-order valence-corrected chi connectivity index (χ1v) is 11.1. The van der Waals surface area contributed by atoms with E-state index in [1.807, 2.05) is 66.3 Å². The van der Waals surface area contributed by atoms with Crippen LogP contribution in [-0.2, 0) is 13.1 Å². The zero-order valence-corrected chi connectivity index (χ0v) is 18.4. The smallest absolute Gasteiger partial charge is 0.437 e. The molecule has 0 bridgehead atoms. The van der Waals surface area contributed by atoms with Gasteiger partial charge in [0.2, 0.25) is 0 Å². The second-order valence-electron chi connectivity index (χ2n) is 7.62. The maximum atomic E-state index is 13.0. The van der Waals surface area contributed by atoms with E-state index in [2.05, 4.69) is 5.10 Å². The second-order valence-corrected chi connectivity index (χ2v) is 8.57. The third-order valence-electron chi connectivity index (χ3n) is 5.46. The molecule has 9 heteroatoms. The topological polar surface area (TPSA) is 88.5 Å². The second kappa shape index (κ2) is 8.16. The van der Waals surface area contributed by atoms with Gasteiger partial charge in [0.25, 0.3) is 5.89 Å². The molecule has 0 fully saturated rings. The summed E-state index contributed by atoms with van der Waals surface area (Å²) < 4.78 is 20.2. The van der Waals surface area contributed by atoms with Crippen LogP contribution in [0.25, 0.3) is 10.8 Å². The Balaban J connectivity index is 1.33. The number of Topliss-reactive ketones (excluding diaryl/α,β-unsaturated/α-hetero) is 1. The van der Waals surface area contributed by atoms with Crippen LogP contribution in [0.2, 0.25) is 0 Å². The van der Waals surface area contributed by atoms with Crippen molar-refractivity contribution in [2.24, 2.45) is 0 Å². The van der Waals surface area contributed by atoms with Crippen molar-refractivity contribution in [2.45, 2.75) is 33.0 Å². The molecule has 4 aromatic rings. The zero-order chi connectivity index (χ0) is 22.2. The summed E-state index contributed by atoms with van der Waals surface area (Å²) in [6.45, 7) is 4.62. The standard InChI is InChI=1S/C23H21N3O5S/c1-14-10-17(18(27)12-26-23(28)31-22(24-26)21-8-5-9-32-21)15(2)25(14)11-16-13-29-19-6-3-4-7-20(19)30-16/h3-10,16H,11-13H2,1-2H3/t16-/m0/s1. The molecule has 0 unspecified atom stereocenters. The van der Waals surface area contributed by atoms with Crippen LogP contribution in [0, 0.1) is 13.8 Å². The lowest BCUT2D eigenvalue weighted by molar-refractivity contribution is 0.0777. The number of aromatic nitrogens is 3. The highest BCUT2D eigenvalue weighted by molar-refractivity contribution is 7.13. The molecule has 1 atom stereocenters. The van der Waals surface area contributed by atoms with Gasteiger partial charge in [-0.25, -0.2) is 4.79 Å². The average molecular weight is 452 g/mol. The van der Waals surface area contributed by atoms with Crippen LogP contribution in [0.1, 0.15) is 21.7 Å². The summed E-state index contributed by atoms with van der Waals surface area (Å²) in [5.74, 6) is 0.818. The monoisotopic (exact) mass is 451 g/mol. The summed E-state index contributed by atoms with van der Waals surface area (Å²) >= 11 is 1.41. The van der Waals surface area contributed by atoms with Crippen molar-refractivity contribution in [2.75, 3.05) is 6.61 Å². The van der Waals surface area contributed by atoms with Gasteiger partial charge in [-0.15, -0.1) is 16.4 Å². The van der Waals surface area contributed by atoms with Crippen molar-refractivity contribution in [3.8, 4) is 22.3 Å². The van der Waals surface area contributed by atoms with Gasteiger partial charge in [0.05, 0.1) is 11.4 Å². The summed E-state index contributed by atoms with van der Waals surface area (Å²) in [5, 5.41) is 6.04. The molecule has 5 rings (SSSR count). The molecule has 0 spiro atoms. The number of nitrogens with zero attached hydrogens (tertiary/aromatic N) is 3. The molecule has 1 aromatic carbocycles. The number of carbonyl (C=O) groups is 1. The zero-order valence-electron chi connectivity index (χ0n) is 17.6. The molecule has 8 nitrogen and oxygen atoms in total. The molecular weight excluding hydrogens is 430 g/mol. The van der Waals surface area contributed by atoms with Gasteiger partial charge in [0, 0.05) is 17.0 Å². The number of rotatable bonds is 6. The van der Waals surface area contributed by atoms with Crippen molar-refractivity contribution in [3.63, 3.8) is 0 Å². The summed E-state index contributed by atoms with van der Waals surface area (Å²) in [6.07, 6.45) is -0.177. The van der Waals surface area contributed by atoms with E-state index in [0.717, 1.165) is 32.4 Å². The van der Waals surface area contributed by atoms with Crippen LogP contribution < -0.4 is 15.2 Å². The van der Waals surface area contributed by atoms with Crippen molar-refractivity contribution in [1.29, 1.82) is 0 Å². The fourth-order valence-electron chi connectivity index (χ4n) is 3.85.